The molecule has 13 heteroatoms. The van der Waals surface area contributed by atoms with E-state index in [2.05, 4.69) is 27.7 Å². The minimum absolute atomic E-state index is 0.00767. The summed E-state index contributed by atoms with van der Waals surface area (Å²) in [5.41, 5.74) is -2.74. The van der Waals surface area contributed by atoms with Crippen LogP contribution in [-0.2, 0) is 33.5 Å². The topological polar surface area (TPSA) is 181 Å². The molecule has 4 aliphatic carbocycles. The van der Waals surface area contributed by atoms with Crippen molar-refractivity contribution in [1.29, 1.82) is 0 Å². The molecule has 1 saturated heterocycles. The van der Waals surface area contributed by atoms with E-state index in [0.717, 1.165) is 19.3 Å². The van der Waals surface area contributed by atoms with E-state index in [-0.39, 0.29) is 42.8 Å². The van der Waals surface area contributed by atoms with Crippen molar-refractivity contribution in [1.82, 2.24) is 0 Å². The van der Waals surface area contributed by atoms with E-state index >= 15 is 0 Å². The second kappa shape index (κ2) is 13.9. The Hall–Kier alpha value is -0.450. The van der Waals surface area contributed by atoms with Crippen molar-refractivity contribution >= 4 is 10.4 Å². The molecule has 5 N–H and O–H groups in total. The number of hydrogen-bond donors (Lipinski definition) is 5. The summed E-state index contributed by atoms with van der Waals surface area (Å²) in [5.74, 6) is -1.16. The Balaban J connectivity index is 1.40. The molecule has 0 amide bonds. The van der Waals surface area contributed by atoms with E-state index in [4.69, 9.17) is 23.1 Å². The van der Waals surface area contributed by atoms with Gasteiger partial charge in [-0.05, 0) is 72.5 Å². The van der Waals surface area contributed by atoms with Gasteiger partial charge in [0.2, 0.25) is 0 Å². The Morgan fingerprint density at radius 2 is 1.62 bits per heavy atom. The molecule has 5 rings (SSSR count). The molecular weight excluding hydrogens is 632 g/mol. The lowest BCUT2D eigenvalue weighted by Gasteiger charge is -2.66. The number of aliphatic hydroxyl groups excluding tert-OH is 3. The van der Waals surface area contributed by atoms with E-state index in [9.17, 15) is 33.4 Å². The largest absolute Gasteiger partial charge is 0.397 e. The highest BCUT2D eigenvalue weighted by atomic mass is 32.3. The van der Waals surface area contributed by atoms with Gasteiger partial charge in [0, 0.05) is 26.6 Å². The Morgan fingerprint density at radius 3 is 2.23 bits per heavy atom. The molecular formula is C34H60O12S. The summed E-state index contributed by atoms with van der Waals surface area (Å²) >= 11 is 0. The first-order chi connectivity index (χ1) is 21.9. The fourth-order valence-electron chi connectivity index (χ4n) is 11.4. The molecule has 8 unspecified atom stereocenters. The molecule has 47 heavy (non-hydrogen) atoms. The van der Waals surface area contributed by atoms with Crippen LogP contribution < -0.4 is 0 Å². The lowest BCUT2D eigenvalue weighted by molar-refractivity contribution is -0.305. The average Bonchev–Trinajstić information content (AvgIpc) is 3.18. The number of aliphatic hydroxyl groups is 4. The number of rotatable bonds is 11. The van der Waals surface area contributed by atoms with Gasteiger partial charge in [-0.15, -0.1) is 0 Å². The van der Waals surface area contributed by atoms with Gasteiger partial charge < -0.3 is 39.4 Å². The van der Waals surface area contributed by atoms with Crippen molar-refractivity contribution in [3.8, 4) is 0 Å². The first kappa shape index (κ1) is 37.8. The van der Waals surface area contributed by atoms with Gasteiger partial charge in [0.1, 0.15) is 24.4 Å². The molecule has 0 radical (unpaired) electrons. The van der Waals surface area contributed by atoms with E-state index in [1.807, 2.05) is 6.92 Å². The monoisotopic (exact) mass is 692 g/mol. The number of hydrogen-bond acceptors (Lipinski definition) is 11. The van der Waals surface area contributed by atoms with Gasteiger partial charge in [-0.25, -0.2) is 4.18 Å². The third kappa shape index (κ3) is 6.82. The van der Waals surface area contributed by atoms with Crippen molar-refractivity contribution in [2.45, 2.75) is 147 Å². The van der Waals surface area contributed by atoms with Gasteiger partial charge in [-0.3, -0.25) is 4.55 Å². The van der Waals surface area contributed by atoms with Crippen LogP contribution in [0.1, 0.15) is 92.4 Å². The molecule has 16 atom stereocenters. The molecule has 5 fully saturated rings. The summed E-state index contributed by atoms with van der Waals surface area (Å²) in [4.78, 5) is 0. The third-order valence-corrected chi connectivity index (χ3v) is 13.8. The molecule has 0 aromatic heterocycles. The average molecular weight is 693 g/mol. The number of methoxy groups -OCH3 is 2. The highest BCUT2D eigenvalue weighted by molar-refractivity contribution is 7.80. The highest BCUT2D eigenvalue weighted by Gasteiger charge is 2.73. The summed E-state index contributed by atoms with van der Waals surface area (Å²) in [6.45, 7) is 10.7. The molecule has 1 heterocycles. The van der Waals surface area contributed by atoms with Crippen LogP contribution in [0.3, 0.4) is 0 Å². The number of ether oxygens (including phenoxy) is 4. The van der Waals surface area contributed by atoms with Crippen molar-refractivity contribution in [2.75, 3.05) is 20.8 Å². The fraction of sp³-hybridized carbons (Fsp3) is 1.00. The van der Waals surface area contributed by atoms with Crippen LogP contribution in [0.25, 0.3) is 0 Å². The summed E-state index contributed by atoms with van der Waals surface area (Å²) in [6, 6.07) is 0. The van der Waals surface area contributed by atoms with Crippen LogP contribution in [0.2, 0.25) is 0 Å². The second-order valence-electron chi connectivity index (χ2n) is 16.5. The van der Waals surface area contributed by atoms with Crippen LogP contribution in [0.15, 0.2) is 0 Å². The van der Waals surface area contributed by atoms with Crippen molar-refractivity contribution in [3.63, 3.8) is 0 Å². The zero-order chi connectivity index (χ0) is 34.7. The first-order valence-electron chi connectivity index (χ1n) is 17.7. The Labute approximate surface area is 280 Å². The normalized spacial score (nSPS) is 49.3. The van der Waals surface area contributed by atoms with E-state index in [0.29, 0.717) is 38.0 Å². The predicted octanol–water partition coefficient (Wildman–Crippen LogP) is 3.09. The summed E-state index contributed by atoms with van der Waals surface area (Å²) in [5, 5.41) is 47.2. The highest BCUT2D eigenvalue weighted by Crippen LogP contribution is 2.70. The lowest BCUT2D eigenvalue weighted by Crippen LogP contribution is -2.69. The van der Waals surface area contributed by atoms with Gasteiger partial charge in [-0.1, -0.05) is 53.9 Å². The minimum Gasteiger partial charge on any atom is -0.393 e. The molecule has 0 spiro atoms. The fourth-order valence-corrected chi connectivity index (χ4v) is 11.9. The molecule has 0 bridgehead atoms. The summed E-state index contributed by atoms with van der Waals surface area (Å²) < 4.78 is 62.7. The predicted molar refractivity (Wildman–Crippen MR) is 171 cm³/mol. The van der Waals surface area contributed by atoms with Gasteiger partial charge in [0.15, 0.2) is 6.29 Å². The van der Waals surface area contributed by atoms with Gasteiger partial charge in [0.05, 0.1) is 30.5 Å². The maximum atomic E-state index is 12.9. The zero-order valence-corrected chi connectivity index (χ0v) is 30.0. The molecule has 1 aliphatic heterocycles. The minimum atomic E-state index is -4.95. The third-order valence-electron chi connectivity index (χ3n) is 13.4. The molecule has 4 saturated carbocycles. The molecule has 0 aromatic carbocycles. The Morgan fingerprint density at radius 1 is 0.936 bits per heavy atom. The van der Waals surface area contributed by atoms with Crippen LogP contribution in [0, 0.1) is 46.3 Å². The first-order valence-corrected chi connectivity index (χ1v) is 19.0. The van der Waals surface area contributed by atoms with Gasteiger partial charge in [-0.2, -0.15) is 8.42 Å². The smallest absolute Gasteiger partial charge is 0.393 e. The van der Waals surface area contributed by atoms with Gasteiger partial charge >= 0.3 is 10.4 Å². The molecule has 274 valence electrons. The standard InChI is InChI=1S/C34H60O12S/c1-18(2)9-8-10-19(3)25-27(37)28(46-47(39,40)41)30-33(25,5)14-12-24-32(4)13-11-20(15-21(32)22(35)16-34(24,30)38)45-31-29(43-7)26(36)23(42-6)17-44-31/h18-31,35-38H,8-17H2,1-7H3,(H,39,40,41)/t19-,20+,21?,22-,23?,24?,25+,26?,27-,28?,29?,30?,31?,32+,33-,34+/m1/s1. The second-order valence-corrected chi connectivity index (χ2v) is 17.5. The van der Waals surface area contributed by atoms with Crippen molar-refractivity contribution < 1.29 is 56.5 Å². The van der Waals surface area contributed by atoms with Crippen LogP contribution in [0.5, 0.6) is 0 Å². The molecule has 0 aromatic rings. The van der Waals surface area contributed by atoms with E-state index in [1.165, 1.54) is 14.2 Å². The number of fused-ring (bicyclic) bond motifs is 5. The molecule has 12 nitrogen and oxygen atoms in total. The quantitative estimate of drug-likeness (QED) is 0.158. The van der Waals surface area contributed by atoms with Gasteiger partial charge in [0.25, 0.3) is 0 Å². The van der Waals surface area contributed by atoms with Crippen molar-refractivity contribution in [3.05, 3.63) is 0 Å². The maximum absolute atomic E-state index is 12.9. The lowest BCUT2D eigenvalue weighted by atomic mass is 9.42. The van der Waals surface area contributed by atoms with Crippen LogP contribution in [-0.4, -0.2) is 109 Å². The van der Waals surface area contributed by atoms with Crippen LogP contribution >= 0.6 is 0 Å². The Kier molecular flexibility index (Phi) is 11.2. The summed E-state index contributed by atoms with van der Waals surface area (Å²) in [6.07, 6.45) is -0.891. The SMILES string of the molecule is COC1COC(O[C@H]2CC[C@@]3(C)C(C2)[C@H](O)C[C@]2(O)C3CC[C@@]3(C)C2C(OS(=O)(=O)O)[C@H](O)[C@@H]3[C@H](C)CCCC(C)C)C(OC)C1O. The van der Waals surface area contributed by atoms with Crippen LogP contribution in [0.4, 0.5) is 0 Å². The molecule has 5 aliphatic rings. The summed E-state index contributed by atoms with van der Waals surface area (Å²) in [7, 11) is -1.95. The van der Waals surface area contributed by atoms with Crippen molar-refractivity contribution in [2.24, 2.45) is 46.3 Å². The van der Waals surface area contributed by atoms with E-state index < -0.39 is 75.7 Å². The van der Waals surface area contributed by atoms with E-state index in [1.54, 1.807) is 0 Å². The maximum Gasteiger partial charge on any atom is 0.397 e. The zero-order valence-electron chi connectivity index (χ0n) is 29.2. The Bertz CT molecular complexity index is 1190.